The van der Waals surface area contributed by atoms with Crippen LogP contribution in [0.5, 0.6) is 0 Å². The molecule has 3 aromatic rings. The first kappa shape index (κ1) is 17.3. The van der Waals surface area contributed by atoms with Crippen LogP contribution in [0.2, 0.25) is 0 Å². The molecule has 0 aliphatic rings. The first-order chi connectivity index (χ1) is 12.0. The Kier molecular flexibility index (Phi) is 5.25. The first-order valence-electron chi connectivity index (χ1n) is 7.24. The minimum atomic E-state index is -0.400. The number of rotatable bonds is 4. The van der Waals surface area contributed by atoms with Gasteiger partial charge in [0.15, 0.2) is 0 Å². The summed E-state index contributed by atoms with van der Waals surface area (Å²) in [6.07, 6.45) is 0. The predicted molar refractivity (Wildman–Crippen MR) is 101 cm³/mol. The maximum absolute atomic E-state index is 13.1. The first-order valence-corrected chi connectivity index (χ1v) is 8.91. The number of amides is 2. The van der Waals surface area contributed by atoms with Crippen molar-refractivity contribution in [2.75, 3.05) is 10.6 Å². The third kappa shape index (κ3) is 4.32. The summed E-state index contributed by atoms with van der Waals surface area (Å²) in [4.78, 5) is 25.1. The fourth-order valence-electron chi connectivity index (χ4n) is 2.12. The lowest BCUT2D eigenvalue weighted by Crippen LogP contribution is -2.14. The number of carbonyl (C=O) groups is 2. The molecule has 4 nitrogen and oxygen atoms in total. The van der Waals surface area contributed by atoms with Crippen molar-refractivity contribution in [1.29, 1.82) is 0 Å². The average molecular weight is 419 g/mol. The third-order valence-corrected chi connectivity index (χ3v) is 4.83. The summed E-state index contributed by atoms with van der Waals surface area (Å²) in [6.45, 7) is 0. The van der Waals surface area contributed by atoms with E-state index in [4.69, 9.17) is 0 Å². The molecular formula is C18H12BrFN2O2S. The van der Waals surface area contributed by atoms with Gasteiger partial charge in [0.2, 0.25) is 0 Å². The highest BCUT2D eigenvalue weighted by Crippen LogP contribution is 2.24. The zero-order valence-electron chi connectivity index (χ0n) is 12.8. The SMILES string of the molecule is O=C(Nc1ccc(F)cc1Br)c1cccc(NC(=O)c2cccs2)c1. The van der Waals surface area contributed by atoms with Gasteiger partial charge in [0, 0.05) is 15.7 Å². The van der Waals surface area contributed by atoms with Crippen molar-refractivity contribution in [3.05, 3.63) is 80.7 Å². The van der Waals surface area contributed by atoms with Crippen LogP contribution in [-0.2, 0) is 0 Å². The van der Waals surface area contributed by atoms with Crippen molar-refractivity contribution in [3.63, 3.8) is 0 Å². The normalized spacial score (nSPS) is 10.3. The van der Waals surface area contributed by atoms with Crippen molar-refractivity contribution < 1.29 is 14.0 Å². The van der Waals surface area contributed by atoms with Crippen LogP contribution in [0.3, 0.4) is 0 Å². The standard InChI is InChI=1S/C18H12BrFN2O2S/c19-14-10-12(20)6-7-15(14)22-17(23)11-3-1-4-13(9-11)21-18(24)16-5-2-8-25-16/h1-10H,(H,21,24)(H,22,23). The molecule has 2 N–H and O–H groups in total. The fraction of sp³-hybridized carbons (Fsp3) is 0. The Morgan fingerprint density at radius 2 is 1.80 bits per heavy atom. The summed E-state index contributed by atoms with van der Waals surface area (Å²) in [7, 11) is 0. The highest BCUT2D eigenvalue weighted by molar-refractivity contribution is 9.10. The van der Waals surface area contributed by atoms with Gasteiger partial charge in [-0.1, -0.05) is 12.1 Å². The van der Waals surface area contributed by atoms with Gasteiger partial charge in [-0.05, 0) is 63.8 Å². The second kappa shape index (κ2) is 7.58. The number of thiophene rings is 1. The van der Waals surface area contributed by atoms with E-state index in [9.17, 15) is 14.0 Å². The molecule has 3 rings (SSSR count). The van der Waals surface area contributed by atoms with Crippen LogP contribution in [0, 0.1) is 5.82 Å². The number of hydrogen-bond acceptors (Lipinski definition) is 3. The summed E-state index contributed by atoms with van der Waals surface area (Å²) in [6, 6.07) is 14.1. The number of hydrogen-bond donors (Lipinski definition) is 2. The summed E-state index contributed by atoms with van der Waals surface area (Å²) in [5.41, 5.74) is 1.35. The molecule has 126 valence electrons. The van der Waals surface area contributed by atoms with Crippen molar-refractivity contribution in [1.82, 2.24) is 0 Å². The molecule has 2 aromatic carbocycles. The van der Waals surface area contributed by atoms with Crippen LogP contribution in [-0.4, -0.2) is 11.8 Å². The Labute approximate surface area is 155 Å². The van der Waals surface area contributed by atoms with Gasteiger partial charge in [-0.2, -0.15) is 0 Å². The maximum atomic E-state index is 13.1. The summed E-state index contributed by atoms with van der Waals surface area (Å²) >= 11 is 4.54. The monoisotopic (exact) mass is 418 g/mol. The molecule has 0 atom stereocenters. The number of anilines is 2. The lowest BCUT2D eigenvalue weighted by Gasteiger charge is -2.09. The summed E-state index contributed by atoms with van der Waals surface area (Å²) in [5.74, 6) is -0.989. The van der Waals surface area contributed by atoms with E-state index >= 15 is 0 Å². The molecule has 1 aromatic heterocycles. The molecule has 0 saturated heterocycles. The Hall–Kier alpha value is -2.51. The summed E-state index contributed by atoms with van der Waals surface area (Å²) in [5, 5.41) is 7.27. The van der Waals surface area contributed by atoms with Crippen LogP contribution in [0.4, 0.5) is 15.8 Å². The number of halogens is 2. The highest BCUT2D eigenvalue weighted by atomic mass is 79.9. The fourth-order valence-corrected chi connectivity index (χ4v) is 3.19. The minimum Gasteiger partial charge on any atom is -0.321 e. The number of carbonyl (C=O) groups excluding carboxylic acids is 2. The molecule has 25 heavy (non-hydrogen) atoms. The molecule has 0 bridgehead atoms. The Morgan fingerprint density at radius 3 is 2.52 bits per heavy atom. The van der Waals surface area contributed by atoms with Gasteiger partial charge in [-0.3, -0.25) is 9.59 Å². The molecule has 0 aliphatic heterocycles. The van der Waals surface area contributed by atoms with Gasteiger partial charge in [-0.15, -0.1) is 11.3 Å². The van der Waals surface area contributed by atoms with Gasteiger partial charge in [-0.25, -0.2) is 4.39 Å². The van der Waals surface area contributed by atoms with Crippen LogP contribution in [0.1, 0.15) is 20.0 Å². The van der Waals surface area contributed by atoms with E-state index < -0.39 is 5.82 Å². The second-order valence-corrected chi connectivity index (χ2v) is 6.89. The van der Waals surface area contributed by atoms with Crippen molar-refractivity contribution in [2.24, 2.45) is 0 Å². The Morgan fingerprint density at radius 1 is 0.960 bits per heavy atom. The van der Waals surface area contributed by atoms with Gasteiger partial charge in [0.25, 0.3) is 11.8 Å². The predicted octanol–water partition coefficient (Wildman–Crippen LogP) is 5.15. The zero-order valence-corrected chi connectivity index (χ0v) is 15.2. The number of nitrogens with one attached hydrogen (secondary N) is 2. The van der Waals surface area contributed by atoms with Gasteiger partial charge in [0.1, 0.15) is 5.82 Å². The van der Waals surface area contributed by atoms with Crippen LogP contribution >= 0.6 is 27.3 Å². The van der Waals surface area contributed by atoms with E-state index in [-0.39, 0.29) is 11.8 Å². The molecule has 0 spiro atoms. The molecular weight excluding hydrogens is 407 g/mol. The molecule has 0 unspecified atom stereocenters. The number of benzene rings is 2. The topological polar surface area (TPSA) is 58.2 Å². The van der Waals surface area contributed by atoms with Gasteiger partial charge in [0.05, 0.1) is 10.6 Å². The smallest absolute Gasteiger partial charge is 0.265 e. The quantitative estimate of drug-likeness (QED) is 0.614. The van der Waals surface area contributed by atoms with E-state index in [0.717, 1.165) is 0 Å². The van der Waals surface area contributed by atoms with Gasteiger partial charge >= 0.3 is 0 Å². The summed E-state index contributed by atoms with van der Waals surface area (Å²) < 4.78 is 13.6. The third-order valence-electron chi connectivity index (χ3n) is 3.31. The zero-order chi connectivity index (χ0) is 17.8. The van der Waals surface area contributed by atoms with Crippen LogP contribution in [0.15, 0.2) is 64.5 Å². The minimum absolute atomic E-state index is 0.228. The molecule has 0 fully saturated rings. The van der Waals surface area contributed by atoms with Crippen molar-refractivity contribution >= 4 is 50.5 Å². The molecule has 0 aliphatic carbocycles. The molecule has 2 amide bonds. The van der Waals surface area contributed by atoms with E-state index in [2.05, 4.69) is 26.6 Å². The molecule has 7 heteroatoms. The molecule has 0 radical (unpaired) electrons. The van der Waals surface area contributed by atoms with E-state index in [1.165, 1.54) is 29.5 Å². The van der Waals surface area contributed by atoms with E-state index in [1.54, 1.807) is 36.4 Å². The molecule has 1 heterocycles. The Balaban J connectivity index is 1.74. The second-order valence-electron chi connectivity index (χ2n) is 5.09. The maximum Gasteiger partial charge on any atom is 0.265 e. The van der Waals surface area contributed by atoms with Crippen molar-refractivity contribution in [2.45, 2.75) is 0 Å². The largest absolute Gasteiger partial charge is 0.321 e. The van der Waals surface area contributed by atoms with Crippen molar-refractivity contribution in [3.8, 4) is 0 Å². The Bertz CT molecular complexity index is 929. The molecule has 0 saturated carbocycles. The highest BCUT2D eigenvalue weighted by Gasteiger charge is 2.11. The van der Waals surface area contributed by atoms with Crippen LogP contribution < -0.4 is 10.6 Å². The average Bonchev–Trinajstić information content (AvgIpc) is 3.12. The van der Waals surface area contributed by atoms with Crippen LogP contribution in [0.25, 0.3) is 0 Å². The van der Waals surface area contributed by atoms with E-state index in [0.29, 0.717) is 26.3 Å². The van der Waals surface area contributed by atoms with E-state index in [1.807, 2.05) is 5.38 Å². The lowest BCUT2D eigenvalue weighted by molar-refractivity contribution is 0.101. The lowest BCUT2D eigenvalue weighted by atomic mass is 10.1. The van der Waals surface area contributed by atoms with Gasteiger partial charge < -0.3 is 10.6 Å².